The lowest BCUT2D eigenvalue weighted by Crippen LogP contribution is -2.17. The summed E-state index contributed by atoms with van der Waals surface area (Å²) in [4.78, 5) is 4.91. The topological polar surface area (TPSA) is 6.48 Å². The molecule has 0 aromatic heterocycles. The molecule has 296 valence electrons. The fourth-order valence-corrected chi connectivity index (χ4v) is 10.5. The van der Waals surface area contributed by atoms with Gasteiger partial charge in [0.05, 0.1) is 5.69 Å². The van der Waals surface area contributed by atoms with Gasteiger partial charge < -0.3 is 9.80 Å². The molecule has 9 aromatic carbocycles. The number of anilines is 6. The Hall–Kier alpha value is -6.90. The van der Waals surface area contributed by atoms with E-state index < -0.39 is 0 Å². The van der Waals surface area contributed by atoms with Crippen molar-refractivity contribution in [3.63, 3.8) is 0 Å². The highest BCUT2D eigenvalue weighted by molar-refractivity contribution is 6.06. The molecule has 1 fully saturated rings. The smallest absolute Gasteiger partial charge is 0.0546 e. The zero-order valence-corrected chi connectivity index (χ0v) is 35.1. The molecule has 1 saturated carbocycles. The van der Waals surface area contributed by atoms with Crippen LogP contribution in [0.4, 0.5) is 34.1 Å². The second-order valence-corrected chi connectivity index (χ2v) is 17.6. The Morgan fingerprint density at radius 3 is 1.74 bits per heavy atom. The zero-order valence-electron chi connectivity index (χ0n) is 35.1. The van der Waals surface area contributed by atoms with Gasteiger partial charge in [-0.15, -0.1) is 0 Å². The number of hydrogen-bond donors (Lipinski definition) is 0. The summed E-state index contributed by atoms with van der Waals surface area (Å²) in [6.07, 6.45) is 6.62. The molecule has 0 heterocycles. The van der Waals surface area contributed by atoms with E-state index in [4.69, 9.17) is 0 Å². The molecule has 2 aliphatic rings. The largest absolute Gasteiger partial charge is 0.310 e. The number of benzene rings is 9. The molecule has 11 rings (SSSR count). The predicted molar refractivity (Wildman–Crippen MR) is 260 cm³/mol. The lowest BCUT2D eigenvalue weighted by atomic mass is 9.82. The summed E-state index contributed by atoms with van der Waals surface area (Å²) in [7, 11) is 0. The molecule has 0 atom stereocenters. The van der Waals surface area contributed by atoms with Gasteiger partial charge in [-0.1, -0.05) is 167 Å². The van der Waals surface area contributed by atoms with Crippen LogP contribution in [0.2, 0.25) is 0 Å². The zero-order chi connectivity index (χ0) is 40.9. The van der Waals surface area contributed by atoms with Crippen molar-refractivity contribution < 1.29 is 0 Å². The molecular weight excluding hydrogens is 737 g/mol. The first-order valence-electron chi connectivity index (χ1n) is 22.1. The minimum Gasteiger partial charge on any atom is -0.310 e. The lowest BCUT2D eigenvalue weighted by molar-refractivity contribution is 0.443. The molecule has 0 unspecified atom stereocenters. The molecular formula is C59H50N2. The number of nitrogens with zero attached hydrogens (tertiary/aromatic N) is 2. The molecule has 0 radical (unpaired) electrons. The number of rotatable bonds is 8. The molecule has 2 aliphatic carbocycles. The van der Waals surface area contributed by atoms with Gasteiger partial charge in [-0.3, -0.25) is 0 Å². The van der Waals surface area contributed by atoms with Crippen LogP contribution in [0, 0.1) is 0 Å². The summed E-state index contributed by atoms with van der Waals surface area (Å²) in [6.45, 7) is 4.74. The predicted octanol–water partition coefficient (Wildman–Crippen LogP) is 17.0. The van der Waals surface area contributed by atoms with Crippen LogP contribution >= 0.6 is 0 Å². The van der Waals surface area contributed by atoms with Crippen molar-refractivity contribution in [3.8, 4) is 22.3 Å². The Morgan fingerprint density at radius 1 is 0.410 bits per heavy atom. The molecule has 0 bridgehead atoms. The third-order valence-electron chi connectivity index (χ3n) is 13.6. The molecule has 0 spiro atoms. The van der Waals surface area contributed by atoms with Crippen LogP contribution in [0.15, 0.2) is 200 Å². The van der Waals surface area contributed by atoms with E-state index in [9.17, 15) is 0 Å². The fraction of sp³-hybridized carbons (Fsp3) is 0.153. The van der Waals surface area contributed by atoms with E-state index in [2.05, 4.69) is 224 Å². The van der Waals surface area contributed by atoms with Crippen LogP contribution in [0.1, 0.15) is 68.6 Å². The van der Waals surface area contributed by atoms with Gasteiger partial charge in [0.2, 0.25) is 0 Å². The summed E-state index contributed by atoms with van der Waals surface area (Å²) in [5.41, 5.74) is 16.1. The second kappa shape index (κ2) is 15.3. The molecule has 0 amide bonds. The summed E-state index contributed by atoms with van der Waals surface area (Å²) >= 11 is 0. The monoisotopic (exact) mass is 786 g/mol. The third kappa shape index (κ3) is 6.59. The van der Waals surface area contributed by atoms with Crippen LogP contribution in [0.25, 0.3) is 43.8 Å². The Morgan fingerprint density at radius 2 is 0.967 bits per heavy atom. The maximum atomic E-state index is 2.46. The first-order valence-corrected chi connectivity index (χ1v) is 22.1. The van der Waals surface area contributed by atoms with E-state index in [0.29, 0.717) is 5.92 Å². The molecule has 0 aliphatic heterocycles. The summed E-state index contributed by atoms with van der Waals surface area (Å²) in [5, 5.41) is 4.91. The highest BCUT2D eigenvalue weighted by atomic mass is 15.2. The third-order valence-corrected chi connectivity index (χ3v) is 13.6. The van der Waals surface area contributed by atoms with Gasteiger partial charge in [0, 0.05) is 39.4 Å². The van der Waals surface area contributed by atoms with Crippen LogP contribution < -0.4 is 9.80 Å². The molecule has 61 heavy (non-hydrogen) atoms. The highest BCUT2D eigenvalue weighted by Gasteiger charge is 2.36. The van der Waals surface area contributed by atoms with Crippen LogP contribution in [0.3, 0.4) is 0 Å². The van der Waals surface area contributed by atoms with Crippen molar-refractivity contribution in [1.29, 1.82) is 0 Å². The quantitative estimate of drug-likeness (QED) is 0.151. The average molecular weight is 787 g/mol. The minimum absolute atomic E-state index is 0.0982. The van der Waals surface area contributed by atoms with Crippen LogP contribution in [0.5, 0.6) is 0 Å². The molecule has 0 saturated heterocycles. The Bertz CT molecular complexity index is 3030. The Balaban J connectivity index is 1.07. The fourth-order valence-electron chi connectivity index (χ4n) is 10.5. The van der Waals surface area contributed by atoms with Crippen molar-refractivity contribution in [2.45, 2.75) is 57.3 Å². The van der Waals surface area contributed by atoms with Gasteiger partial charge >= 0.3 is 0 Å². The normalized spacial score (nSPS) is 14.5. The van der Waals surface area contributed by atoms with Crippen molar-refractivity contribution in [3.05, 3.63) is 217 Å². The lowest BCUT2D eigenvalue weighted by Gasteiger charge is -2.31. The first-order chi connectivity index (χ1) is 30.0. The minimum atomic E-state index is -0.0982. The summed E-state index contributed by atoms with van der Waals surface area (Å²) in [6, 6.07) is 74.5. The maximum absolute atomic E-state index is 2.46. The van der Waals surface area contributed by atoms with Crippen LogP contribution in [-0.4, -0.2) is 0 Å². The Labute approximate surface area is 360 Å². The van der Waals surface area contributed by atoms with E-state index in [1.807, 2.05) is 0 Å². The molecule has 2 heteroatoms. The highest BCUT2D eigenvalue weighted by Crippen LogP contribution is 2.51. The van der Waals surface area contributed by atoms with Gasteiger partial charge in [0.25, 0.3) is 0 Å². The van der Waals surface area contributed by atoms with E-state index >= 15 is 0 Å². The molecule has 2 nitrogen and oxygen atoms in total. The number of fused-ring (bicyclic) bond motifs is 5. The van der Waals surface area contributed by atoms with E-state index in [0.717, 1.165) is 22.7 Å². The van der Waals surface area contributed by atoms with Gasteiger partial charge in [-0.2, -0.15) is 0 Å². The van der Waals surface area contributed by atoms with Gasteiger partial charge in [0.1, 0.15) is 0 Å². The van der Waals surface area contributed by atoms with E-state index in [1.165, 1.54) is 104 Å². The molecule has 9 aromatic rings. The first kappa shape index (κ1) is 37.1. The van der Waals surface area contributed by atoms with Crippen molar-refractivity contribution in [2.24, 2.45) is 0 Å². The maximum Gasteiger partial charge on any atom is 0.0546 e. The second-order valence-electron chi connectivity index (χ2n) is 17.6. The SMILES string of the molecule is CC1(C)c2ccccc2-c2ccc(N(c3ccc(C4CCCCC4)cc3)c3ccc(N(c4ccc5ccccc5c4)c4ccc5ccccc5c4-c4ccccc4)cc3)cc21. The average Bonchev–Trinajstić information content (AvgIpc) is 3.55. The number of hydrogen-bond acceptors (Lipinski definition) is 2. The van der Waals surface area contributed by atoms with E-state index in [1.54, 1.807) is 0 Å². The van der Waals surface area contributed by atoms with E-state index in [-0.39, 0.29) is 5.41 Å². The van der Waals surface area contributed by atoms with Gasteiger partial charge in [-0.25, -0.2) is 0 Å². The van der Waals surface area contributed by atoms with Gasteiger partial charge in [-0.05, 0) is 140 Å². The Kier molecular flexibility index (Phi) is 9.30. The van der Waals surface area contributed by atoms with Crippen molar-refractivity contribution >= 4 is 55.7 Å². The standard InChI is InChI=1S/C59H50N2/c1-59(2)55-24-14-13-23-53(55)54-37-36-51(40-56(54)59)60(47-29-25-43(26-30-47)41-15-5-3-6-16-41)48-32-34-49(35-33-48)61(50-31-27-42-17-9-10-21-46(42)39-50)57-38-28-44-18-11-12-22-52(44)58(57)45-19-7-4-8-20-45/h4,7-14,17-41H,3,5-6,15-16H2,1-2H3. The van der Waals surface area contributed by atoms with Gasteiger partial charge in [0.15, 0.2) is 0 Å². The van der Waals surface area contributed by atoms with Crippen molar-refractivity contribution in [2.75, 3.05) is 9.80 Å². The summed E-state index contributed by atoms with van der Waals surface area (Å²) < 4.78 is 0. The van der Waals surface area contributed by atoms with Crippen LogP contribution in [-0.2, 0) is 5.41 Å². The summed E-state index contributed by atoms with van der Waals surface area (Å²) in [5.74, 6) is 0.659. The van der Waals surface area contributed by atoms with Crippen molar-refractivity contribution in [1.82, 2.24) is 0 Å². The molecule has 0 N–H and O–H groups in total.